The number of fused-ring (bicyclic) bond motifs is 1. The van der Waals surface area contributed by atoms with Crippen molar-refractivity contribution in [1.82, 2.24) is 25.1 Å². The summed E-state index contributed by atoms with van der Waals surface area (Å²) in [5.41, 5.74) is 3.37. The maximum atomic E-state index is 13.5. The van der Waals surface area contributed by atoms with E-state index in [0.29, 0.717) is 6.04 Å². The molecule has 1 N–H and O–H groups in total. The SMILES string of the molecule is O=C(c1cc(-c2ccncc2)nc2ccccc12)N1CCC(N2CCNCC2)C1. The van der Waals surface area contributed by atoms with Gasteiger partial charge in [0.25, 0.3) is 5.91 Å². The van der Waals surface area contributed by atoms with Crippen molar-refractivity contribution in [3.8, 4) is 11.3 Å². The molecule has 1 amide bonds. The van der Waals surface area contributed by atoms with E-state index in [9.17, 15) is 4.79 Å². The monoisotopic (exact) mass is 387 g/mol. The molecule has 0 saturated carbocycles. The second-order valence-electron chi connectivity index (χ2n) is 7.79. The molecular weight excluding hydrogens is 362 g/mol. The third kappa shape index (κ3) is 3.61. The number of hydrogen-bond donors (Lipinski definition) is 1. The maximum Gasteiger partial charge on any atom is 0.254 e. The molecule has 0 aliphatic carbocycles. The highest BCUT2D eigenvalue weighted by molar-refractivity contribution is 6.07. The minimum Gasteiger partial charge on any atom is -0.337 e. The highest BCUT2D eigenvalue weighted by atomic mass is 16.2. The number of aromatic nitrogens is 2. The number of benzene rings is 1. The van der Waals surface area contributed by atoms with Crippen LogP contribution in [0.4, 0.5) is 0 Å². The molecule has 0 spiro atoms. The van der Waals surface area contributed by atoms with Crippen LogP contribution in [-0.4, -0.2) is 71.0 Å². The molecule has 2 saturated heterocycles. The number of nitrogens with zero attached hydrogens (tertiary/aromatic N) is 4. The molecule has 2 aromatic heterocycles. The molecule has 2 aliphatic rings. The fourth-order valence-electron chi connectivity index (χ4n) is 4.46. The van der Waals surface area contributed by atoms with E-state index < -0.39 is 0 Å². The molecule has 6 nitrogen and oxygen atoms in total. The van der Waals surface area contributed by atoms with Crippen molar-refractivity contribution in [2.24, 2.45) is 0 Å². The van der Waals surface area contributed by atoms with Gasteiger partial charge in [-0.25, -0.2) is 4.98 Å². The number of carbonyl (C=O) groups excluding carboxylic acids is 1. The highest BCUT2D eigenvalue weighted by Crippen LogP contribution is 2.27. The molecule has 1 unspecified atom stereocenters. The van der Waals surface area contributed by atoms with E-state index in [1.807, 2.05) is 47.4 Å². The van der Waals surface area contributed by atoms with Crippen molar-refractivity contribution < 1.29 is 4.79 Å². The quantitative estimate of drug-likeness (QED) is 0.748. The summed E-state index contributed by atoms with van der Waals surface area (Å²) in [5, 5.41) is 4.32. The van der Waals surface area contributed by atoms with Crippen molar-refractivity contribution in [2.75, 3.05) is 39.3 Å². The van der Waals surface area contributed by atoms with E-state index in [1.165, 1.54) is 0 Å². The van der Waals surface area contributed by atoms with Crippen LogP contribution in [0.3, 0.4) is 0 Å². The Morgan fingerprint density at radius 1 is 1.03 bits per heavy atom. The molecule has 148 valence electrons. The average Bonchev–Trinajstić information content (AvgIpc) is 3.29. The zero-order valence-electron chi connectivity index (χ0n) is 16.4. The van der Waals surface area contributed by atoms with Crippen LogP contribution < -0.4 is 5.32 Å². The summed E-state index contributed by atoms with van der Waals surface area (Å²) < 4.78 is 0. The van der Waals surface area contributed by atoms with Gasteiger partial charge in [0, 0.05) is 68.7 Å². The van der Waals surface area contributed by atoms with Crippen molar-refractivity contribution in [2.45, 2.75) is 12.5 Å². The molecule has 6 heteroatoms. The Balaban J connectivity index is 1.47. The lowest BCUT2D eigenvalue weighted by Gasteiger charge is -2.32. The third-order valence-corrected chi connectivity index (χ3v) is 6.04. The Bertz CT molecular complexity index is 1020. The lowest BCUT2D eigenvalue weighted by molar-refractivity contribution is 0.0775. The number of amides is 1. The molecule has 0 bridgehead atoms. The normalized spacial score (nSPS) is 20.3. The van der Waals surface area contributed by atoms with E-state index in [0.717, 1.165) is 73.4 Å². The average molecular weight is 387 g/mol. The number of hydrogen-bond acceptors (Lipinski definition) is 5. The highest BCUT2D eigenvalue weighted by Gasteiger charge is 2.32. The van der Waals surface area contributed by atoms with Gasteiger partial charge in [-0.05, 0) is 30.7 Å². The number of carbonyl (C=O) groups is 1. The molecule has 1 atom stereocenters. The Labute approximate surface area is 170 Å². The summed E-state index contributed by atoms with van der Waals surface area (Å²) >= 11 is 0. The van der Waals surface area contributed by atoms with Crippen LogP contribution in [0.15, 0.2) is 54.9 Å². The lowest BCUT2D eigenvalue weighted by Crippen LogP contribution is -2.49. The van der Waals surface area contributed by atoms with Crippen molar-refractivity contribution in [3.63, 3.8) is 0 Å². The van der Waals surface area contributed by atoms with Gasteiger partial charge in [0.2, 0.25) is 0 Å². The molecule has 5 rings (SSSR count). The number of nitrogens with one attached hydrogen (secondary N) is 1. The molecule has 3 aromatic rings. The summed E-state index contributed by atoms with van der Waals surface area (Å²) in [6.07, 6.45) is 4.56. The zero-order chi connectivity index (χ0) is 19.6. The van der Waals surface area contributed by atoms with Gasteiger partial charge in [-0.3, -0.25) is 14.7 Å². The van der Waals surface area contributed by atoms with Gasteiger partial charge < -0.3 is 10.2 Å². The van der Waals surface area contributed by atoms with Gasteiger partial charge in [-0.1, -0.05) is 18.2 Å². The van der Waals surface area contributed by atoms with E-state index in [2.05, 4.69) is 15.2 Å². The maximum absolute atomic E-state index is 13.5. The summed E-state index contributed by atoms with van der Waals surface area (Å²) in [6, 6.07) is 14.2. The summed E-state index contributed by atoms with van der Waals surface area (Å²) in [7, 11) is 0. The number of piperazine rings is 1. The van der Waals surface area contributed by atoms with E-state index in [4.69, 9.17) is 4.98 Å². The van der Waals surface area contributed by atoms with Crippen molar-refractivity contribution >= 4 is 16.8 Å². The first-order valence-corrected chi connectivity index (χ1v) is 10.3. The van der Waals surface area contributed by atoms with Crippen LogP contribution in [0.2, 0.25) is 0 Å². The summed E-state index contributed by atoms with van der Waals surface area (Å²) in [6.45, 7) is 5.83. The molecule has 2 aliphatic heterocycles. The minimum absolute atomic E-state index is 0.108. The van der Waals surface area contributed by atoms with Crippen LogP contribution in [0.5, 0.6) is 0 Å². The van der Waals surface area contributed by atoms with Gasteiger partial charge in [-0.15, -0.1) is 0 Å². The molecule has 0 radical (unpaired) electrons. The largest absolute Gasteiger partial charge is 0.337 e. The van der Waals surface area contributed by atoms with Gasteiger partial charge in [-0.2, -0.15) is 0 Å². The predicted octanol–water partition coefficient (Wildman–Crippen LogP) is 2.42. The number of rotatable bonds is 3. The smallest absolute Gasteiger partial charge is 0.254 e. The van der Waals surface area contributed by atoms with Gasteiger partial charge >= 0.3 is 0 Å². The van der Waals surface area contributed by atoms with E-state index in [1.54, 1.807) is 12.4 Å². The number of likely N-dealkylation sites (tertiary alicyclic amines) is 1. The molecule has 1 aromatic carbocycles. The van der Waals surface area contributed by atoms with Crippen molar-refractivity contribution in [1.29, 1.82) is 0 Å². The van der Waals surface area contributed by atoms with Gasteiger partial charge in [0.15, 0.2) is 0 Å². The second-order valence-corrected chi connectivity index (χ2v) is 7.79. The summed E-state index contributed by atoms with van der Waals surface area (Å²) in [5.74, 6) is 0.108. The zero-order valence-corrected chi connectivity index (χ0v) is 16.4. The first-order valence-electron chi connectivity index (χ1n) is 10.3. The Kier molecular flexibility index (Phi) is 4.96. The number of para-hydroxylation sites is 1. The van der Waals surface area contributed by atoms with Crippen LogP contribution in [0.25, 0.3) is 22.2 Å². The topological polar surface area (TPSA) is 61.4 Å². The molecular formula is C23H25N5O. The third-order valence-electron chi connectivity index (χ3n) is 6.04. The van der Waals surface area contributed by atoms with Crippen LogP contribution >= 0.6 is 0 Å². The first kappa shape index (κ1) is 18.2. The lowest BCUT2D eigenvalue weighted by atomic mass is 10.0. The second kappa shape index (κ2) is 7.89. The summed E-state index contributed by atoms with van der Waals surface area (Å²) in [4.78, 5) is 27.0. The van der Waals surface area contributed by atoms with E-state index >= 15 is 0 Å². The molecule has 29 heavy (non-hydrogen) atoms. The standard InChI is InChI=1S/C23H25N5O/c29-23(28-12-7-18(16-28)27-13-10-25-11-14-27)20-15-22(17-5-8-24-9-6-17)26-21-4-2-1-3-19(20)21/h1-6,8-9,15,18,25H,7,10-14,16H2. The fourth-order valence-corrected chi connectivity index (χ4v) is 4.46. The fraction of sp³-hybridized carbons (Fsp3) is 0.348. The first-order chi connectivity index (χ1) is 14.3. The van der Waals surface area contributed by atoms with Gasteiger partial charge in [0.1, 0.15) is 0 Å². The Hall–Kier alpha value is -2.83. The Morgan fingerprint density at radius 3 is 2.66 bits per heavy atom. The molecule has 2 fully saturated rings. The predicted molar refractivity (Wildman–Crippen MR) is 114 cm³/mol. The van der Waals surface area contributed by atoms with Crippen molar-refractivity contribution in [3.05, 3.63) is 60.4 Å². The van der Waals surface area contributed by atoms with E-state index in [-0.39, 0.29) is 5.91 Å². The van der Waals surface area contributed by atoms with Crippen LogP contribution in [-0.2, 0) is 0 Å². The molecule has 4 heterocycles. The van der Waals surface area contributed by atoms with Gasteiger partial charge in [0.05, 0.1) is 16.8 Å². The number of pyridine rings is 2. The Morgan fingerprint density at radius 2 is 1.83 bits per heavy atom. The van der Waals surface area contributed by atoms with Crippen LogP contribution in [0.1, 0.15) is 16.8 Å². The van der Waals surface area contributed by atoms with Crippen LogP contribution in [0, 0.1) is 0 Å². The minimum atomic E-state index is 0.108.